The average Bonchev–Trinajstić information content (AvgIpc) is 3.01. The lowest BCUT2D eigenvalue weighted by Crippen LogP contribution is -2.27. The van der Waals surface area contributed by atoms with Gasteiger partial charge in [-0.1, -0.05) is 167 Å². The van der Waals surface area contributed by atoms with Crippen molar-refractivity contribution in [3.05, 3.63) is 24.3 Å². The molecule has 0 amide bonds. The highest BCUT2D eigenvalue weighted by Crippen LogP contribution is 2.14. The van der Waals surface area contributed by atoms with Gasteiger partial charge in [-0.25, -0.2) is 0 Å². The van der Waals surface area contributed by atoms with Crippen LogP contribution < -0.4 is 0 Å². The molecule has 4 nitrogen and oxygen atoms in total. The second-order valence-corrected chi connectivity index (χ2v) is 12.7. The van der Waals surface area contributed by atoms with Gasteiger partial charge in [-0.3, -0.25) is 4.79 Å². The van der Waals surface area contributed by atoms with E-state index in [4.69, 9.17) is 9.47 Å². The van der Waals surface area contributed by atoms with Crippen LogP contribution in [0.3, 0.4) is 0 Å². The predicted octanol–water partition coefficient (Wildman–Crippen LogP) is 12.0. The molecule has 0 aromatic heterocycles. The summed E-state index contributed by atoms with van der Waals surface area (Å²) < 4.78 is 11.1. The number of aliphatic hydroxyl groups excluding tert-OH is 1. The van der Waals surface area contributed by atoms with Gasteiger partial charge in [0.15, 0.2) is 0 Å². The number of unbranched alkanes of at least 4 members (excludes halogenated alkanes) is 23. The second-order valence-electron chi connectivity index (χ2n) is 12.7. The van der Waals surface area contributed by atoms with Crippen molar-refractivity contribution < 1.29 is 19.4 Å². The summed E-state index contributed by atoms with van der Waals surface area (Å²) in [4.78, 5) is 12.1. The fourth-order valence-corrected chi connectivity index (χ4v) is 5.42. The third-order valence-corrected chi connectivity index (χ3v) is 8.28. The minimum atomic E-state index is -0.531. The van der Waals surface area contributed by atoms with E-state index in [2.05, 4.69) is 38.2 Å². The number of esters is 1. The first-order valence-electron chi connectivity index (χ1n) is 18.9. The topological polar surface area (TPSA) is 55.8 Å². The third-order valence-electron chi connectivity index (χ3n) is 8.28. The van der Waals surface area contributed by atoms with Crippen LogP contribution in [-0.2, 0) is 14.3 Å². The Morgan fingerprint density at radius 3 is 1.49 bits per heavy atom. The van der Waals surface area contributed by atoms with E-state index in [-0.39, 0.29) is 12.6 Å². The van der Waals surface area contributed by atoms with Gasteiger partial charge in [0.2, 0.25) is 0 Å². The standard InChI is InChI=1S/C39H74O4/c1-3-5-7-9-11-13-15-17-18-19-20-21-23-25-27-29-31-33-35-42-37-38(36-40)43-39(41)34-32-30-28-26-24-22-16-14-12-10-8-6-4-2/h11,13,17-18,38,40H,3-10,12,14-16,19-37H2,1-2H3/b13-11-,18-17-. The first-order chi connectivity index (χ1) is 21.2. The van der Waals surface area contributed by atoms with Crippen LogP contribution in [0.1, 0.15) is 194 Å². The van der Waals surface area contributed by atoms with Crippen LogP contribution in [0.5, 0.6) is 0 Å². The van der Waals surface area contributed by atoms with E-state index >= 15 is 0 Å². The summed E-state index contributed by atoms with van der Waals surface area (Å²) in [6.45, 7) is 5.32. The lowest BCUT2D eigenvalue weighted by molar-refractivity contribution is -0.154. The van der Waals surface area contributed by atoms with Crippen molar-refractivity contribution >= 4 is 5.97 Å². The molecule has 1 atom stereocenters. The maximum atomic E-state index is 12.1. The highest BCUT2D eigenvalue weighted by Gasteiger charge is 2.13. The van der Waals surface area contributed by atoms with E-state index in [1.165, 1.54) is 148 Å². The Morgan fingerprint density at radius 1 is 0.558 bits per heavy atom. The fourth-order valence-electron chi connectivity index (χ4n) is 5.42. The molecule has 0 aliphatic carbocycles. The van der Waals surface area contributed by atoms with E-state index in [0.717, 1.165) is 25.7 Å². The normalized spacial score (nSPS) is 12.5. The van der Waals surface area contributed by atoms with E-state index in [9.17, 15) is 9.90 Å². The Labute approximate surface area is 268 Å². The largest absolute Gasteiger partial charge is 0.457 e. The monoisotopic (exact) mass is 607 g/mol. The van der Waals surface area contributed by atoms with Crippen LogP contribution >= 0.6 is 0 Å². The molecule has 0 fully saturated rings. The minimum Gasteiger partial charge on any atom is -0.457 e. The van der Waals surface area contributed by atoms with Crippen LogP contribution in [0.25, 0.3) is 0 Å². The van der Waals surface area contributed by atoms with Gasteiger partial charge < -0.3 is 14.6 Å². The van der Waals surface area contributed by atoms with Crippen LogP contribution in [-0.4, -0.2) is 37.0 Å². The Hall–Kier alpha value is -1.13. The molecule has 1 N–H and O–H groups in total. The van der Waals surface area contributed by atoms with Crippen molar-refractivity contribution in [2.75, 3.05) is 19.8 Å². The van der Waals surface area contributed by atoms with Crippen molar-refractivity contribution in [2.45, 2.75) is 200 Å². The van der Waals surface area contributed by atoms with Gasteiger partial charge in [-0.05, 0) is 44.9 Å². The summed E-state index contributed by atoms with van der Waals surface area (Å²) in [5.41, 5.74) is 0. The smallest absolute Gasteiger partial charge is 0.306 e. The zero-order valence-electron chi connectivity index (χ0n) is 29.0. The molecular weight excluding hydrogens is 532 g/mol. The van der Waals surface area contributed by atoms with Crippen molar-refractivity contribution in [1.29, 1.82) is 0 Å². The van der Waals surface area contributed by atoms with Crippen LogP contribution in [0.15, 0.2) is 24.3 Å². The van der Waals surface area contributed by atoms with Crippen molar-refractivity contribution in [1.82, 2.24) is 0 Å². The van der Waals surface area contributed by atoms with Gasteiger partial charge in [-0.15, -0.1) is 0 Å². The molecule has 0 rings (SSSR count). The molecule has 0 aromatic rings. The highest BCUT2D eigenvalue weighted by molar-refractivity contribution is 5.69. The summed E-state index contributed by atoms with van der Waals surface area (Å²) in [5, 5.41) is 9.55. The summed E-state index contributed by atoms with van der Waals surface area (Å²) in [5.74, 6) is -0.202. The van der Waals surface area contributed by atoms with Crippen molar-refractivity contribution in [3.8, 4) is 0 Å². The number of carbonyl (C=O) groups is 1. The number of hydrogen-bond acceptors (Lipinski definition) is 4. The number of rotatable bonds is 35. The fraction of sp³-hybridized carbons (Fsp3) is 0.872. The van der Waals surface area contributed by atoms with E-state index < -0.39 is 6.10 Å². The molecule has 0 spiro atoms. The number of aliphatic hydroxyl groups is 1. The quantitative estimate of drug-likeness (QED) is 0.0443. The average molecular weight is 607 g/mol. The van der Waals surface area contributed by atoms with Crippen LogP contribution in [0.2, 0.25) is 0 Å². The Morgan fingerprint density at radius 2 is 0.977 bits per heavy atom. The van der Waals surface area contributed by atoms with Crippen molar-refractivity contribution in [3.63, 3.8) is 0 Å². The molecule has 0 aromatic carbocycles. The Bertz CT molecular complexity index is 600. The molecule has 0 bridgehead atoms. The van der Waals surface area contributed by atoms with E-state index in [1.807, 2.05) is 0 Å². The maximum absolute atomic E-state index is 12.1. The van der Waals surface area contributed by atoms with Gasteiger partial charge >= 0.3 is 5.97 Å². The lowest BCUT2D eigenvalue weighted by Gasteiger charge is -2.16. The van der Waals surface area contributed by atoms with Gasteiger partial charge in [0, 0.05) is 13.0 Å². The van der Waals surface area contributed by atoms with Crippen molar-refractivity contribution in [2.24, 2.45) is 0 Å². The number of allylic oxidation sites excluding steroid dienone is 4. The number of ether oxygens (including phenoxy) is 2. The maximum Gasteiger partial charge on any atom is 0.306 e. The first kappa shape index (κ1) is 41.9. The van der Waals surface area contributed by atoms with E-state index in [1.54, 1.807) is 0 Å². The predicted molar refractivity (Wildman–Crippen MR) is 187 cm³/mol. The summed E-state index contributed by atoms with van der Waals surface area (Å²) in [6.07, 6.45) is 43.6. The summed E-state index contributed by atoms with van der Waals surface area (Å²) in [7, 11) is 0. The Kier molecular flexibility index (Phi) is 36.1. The van der Waals surface area contributed by atoms with E-state index in [0.29, 0.717) is 19.6 Å². The molecule has 1 unspecified atom stereocenters. The van der Waals surface area contributed by atoms with Crippen LogP contribution in [0.4, 0.5) is 0 Å². The second kappa shape index (κ2) is 37.1. The third kappa shape index (κ3) is 35.2. The first-order valence-corrected chi connectivity index (χ1v) is 18.9. The molecule has 4 heteroatoms. The van der Waals surface area contributed by atoms with Gasteiger partial charge in [0.1, 0.15) is 6.10 Å². The molecule has 0 heterocycles. The summed E-state index contributed by atoms with van der Waals surface area (Å²) in [6, 6.07) is 0. The van der Waals surface area contributed by atoms with Gasteiger partial charge in [-0.2, -0.15) is 0 Å². The molecule has 0 aliphatic rings. The molecule has 0 saturated carbocycles. The summed E-state index contributed by atoms with van der Waals surface area (Å²) >= 11 is 0. The Balaban J connectivity index is 3.42. The van der Waals surface area contributed by atoms with Gasteiger partial charge in [0.05, 0.1) is 13.2 Å². The number of hydrogen-bond donors (Lipinski definition) is 1. The molecule has 43 heavy (non-hydrogen) atoms. The number of carbonyl (C=O) groups excluding carboxylic acids is 1. The lowest BCUT2D eigenvalue weighted by atomic mass is 10.0. The molecule has 254 valence electrons. The molecule has 0 aliphatic heterocycles. The minimum absolute atomic E-state index is 0.170. The SMILES string of the molecule is CCCCC/C=C\C/C=C\CCCCCCCCCCOCC(CO)OC(=O)CCCCCCCCCCCCCCC. The zero-order valence-corrected chi connectivity index (χ0v) is 29.0. The van der Waals surface area contributed by atoms with Crippen LogP contribution in [0, 0.1) is 0 Å². The van der Waals surface area contributed by atoms with Gasteiger partial charge in [0.25, 0.3) is 0 Å². The molecule has 0 saturated heterocycles. The highest BCUT2D eigenvalue weighted by atomic mass is 16.6. The zero-order chi connectivity index (χ0) is 31.3. The molecular formula is C39H74O4. The molecule has 0 radical (unpaired) electrons.